The van der Waals surface area contributed by atoms with Gasteiger partial charge in [-0.15, -0.1) is 11.3 Å². The van der Waals surface area contributed by atoms with Crippen molar-refractivity contribution in [3.63, 3.8) is 0 Å². The van der Waals surface area contributed by atoms with Crippen molar-refractivity contribution >= 4 is 17.1 Å². The van der Waals surface area contributed by atoms with E-state index in [1.807, 2.05) is 0 Å². The first kappa shape index (κ1) is 12.7. The number of nitrogens with zero attached hydrogens (tertiary/aromatic N) is 1. The zero-order valence-corrected chi connectivity index (χ0v) is 11.6. The SMILES string of the molecule is CC(C)(C)c1csc(CC2CNCCC2=O)n1. The first-order valence-electron chi connectivity index (χ1n) is 6.15. The lowest BCUT2D eigenvalue weighted by Crippen LogP contribution is -2.37. The predicted octanol–water partition coefficient (Wildman–Crippen LogP) is 2.16. The lowest BCUT2D eigenvalue weighted by atomic mass is 9.93. The van der Waals surface area contributed by atoms with Gasteiger partial charge in [0.2, 0.25) is 0 Å². The van der Waals surface area contributed by atoms with Crippen LogP contribution in [0.15, 0.2) is 5.38 Å². The molecule has 1 aliphatic heterocycles. The van der Waals surface area contributed by atoms with Gasteiger partial charge in [0.15, 0.2) is 0 Å². The Labute approximate surface area is 107 Å². The highest BCUT2D eigenvalue weighted by molar-refractivity contribution is 7.09. The summed E-state index contributed by atoms with van der Waals surface area (Å²) in [6.07, 6.45) is 1.47. The Kier molecular flexibility index (Phi) is 3.64. The molecule has 1 fully saturated rings. The smallest absolute Gasteiger partial charge is 0.138 e. The van der Waals surface area contributed by atoms with Crippen LogP contribution < -0.4 is 5.32 Å². The minimum atomic E-state index is 0.101. The molecule has 94 valence electrons. The van der Waals surface area contributed by atoms with Crippen molar-refractivity contribution < 1.29 is 4.79 Å². The minimum absolute atomic E-state index is 0.101. The molecular formula is C13H20N2OS. The highest BCUT2D eigenvalue weighted by Gasteiger charge is 2.24. The van der Waals surface area contributed by atoms with Crippen LogP contribution in [-0.4, -0.2) is 23.9 Å². The lowest BCUT2D eigenvalue weighted by Gasteiger charge is -2.20. The number of thiazole rings is 1. The number of rotatable bonds is 2. The van der Waals surface area contributed by atoms with Crippen molar-refractivity contribution in [2.24, 2.45) is 5.92 Å². The number of carbonyl (C=O) groups excluding carboxylic acids is 1. The molecule has 1 atom stereocenters. The summed E-state index contributed by atoms with van der Waals surface area (Å²) in [7, 11) is 0. The van der Waals surface area contributed by atoms with Gasteiger partial charge in [-0.05, 0) is 0 Å². The highest BCUT2D eigenvalue weighted by Crippen LogP contribution is 2.25. The van der Waals surface area contributed by atoms with Gasteiger partial charge in [-0.3, -0.25) is 4.79 Å². The standard InChI is InChI=1S/C13H20N2OS/c1-13(2,3)11-8-17-12(15-11)6-9-7-14-5-4-10(9)16/h8-9,14H,4-7H2,1-3H3. The van der Waals surface area contributed by atoms with E-state index < -0.39 is 0 Å². The average Bonchev–Trinajstić information content (AvgIpc) is 2.69. The number of carbonyl (C=O) groups is 1. The van der Waals surface area contributed by atoms with E-state index in [0.29, 0.717) is 12.2 Å². The Morgan fingerprint density at radius 3 is 2.88 bits per heavy atom. The van der Waals surface area contributed by atoms with Gasteiger partial charge in [-0.2, -0.15) is 0 Å². The van der Waals surface area contributed by atoms with Gasteiger partial charge in [0, 0.05) is 42.6 Å². The van der Waals surface area contributed by atoms with E-state index in [0.717, 1.165) is 30.2 Å². The second-order valence-corrected chi connectivity index (χ2v) is 6.64. The Morgan fingerprint density at radius 1 is 1.53 bits per heavy atom. The van der Waals surface area contributed by atoms with E-state index in [1.165, 1.54) is 0 Å². The summed E-state index contributed by atoms with van der Waals surface area (Å²) in [5.74, 6) is 0.513. The van der Waals surface area contributed by atoms with Crippen LogP contribution in [0, 0.1) is 5.92 Å². The molecule has 0 saturated carbocycles. The number of nitrogens with one attached hydrogen (secondary N) is 1. The van der Waals surface area contributed by atoms with E-state index >= 15 is 0 Å². The van der Waals surface area contributed by atoms with Crippen molar-refractivity contribution in [1.82, 2.24) is 10.3 Å². The van der Waals surface area contributed by atoms with Crippen molar-refractivity contribution in [3.8, 4) is 0 Å². The lowest BCUT2D eigenvalue weighted by molar-refractivity contribution is -0.123. The fourth-order valence-electron chi connectivity index (χ4n) is 1.95. The van der Waals surface area contributed by atoms with E-state index in [4.69, 9.17) is 0 Å². The summed E-state index contributed by atoms with van der Waals surface area (Å²) >= 11 is 1.68. The first-order chi connectivity index (χ1) is 7.97. The fourth-order valence-corrected chi connectivity index (χ4v) is 3.05. The number of hydrogen-bond acceptors (Lipinski definition) is 4. The first-order valence-corrected chi connectivity index (χ1v) is 7.03. The third-order valence-corrected chi connectivity index (χ3v) is 4.01. The van der Waals surface area contributed by atoms with Crippen LogP contribution in [0.5, 0.6) is 0 Å². The Balaban J connectivity index is 2.03. The van der Waals surface area contributed by atoms with E-state index in [1.54, 1.807) is 11.3 Å². The van der Waals surface area contributed by atoms with Gasteiger partial charge in [0.1, 0.15) is 5.78 Å². The van der Waals surface area contributed by atoms with Crippen LogP contribution >= 0.6 is 11.3 Å². The van der Waals surface area contributed by atoms with Gasteiger partial charge in [-0.25, -0.2) is 4.98 Å². The molecule has 3 nitrogen and oxygen atoms in total. The second-order valence-electron chi connectivity index (χ2n) is 5.70. The molecule has 17 heavy (non-hydrogen) atoms. The number of aromatic nitrogens is 1. The molecule has 0 bridgehead atoms. The van der Waals surface area contributed by atoms with E-state index in [9.17, 15) is 4.79 Å². The van der Waals surface area contributed by atoms with Crippen molar-refractivity contribution in [1.29, 1.82) is 0 Å². The highest BCUT2D eigenvalue weighted by atomic mass is 32.1. The zero-order valence-electron chi connectivity index (χ0n) is 10.7. The predicted molar refractivity (Wildman–Crippen MR) is 70.5 cm³/mol. The van der Waals surface area contributed by atoms with Gasteiger partial charge in [0.05, 0.1) is 10.7 Å². The summed E-state index contributed by atoms with van der Waals surface area (Å²) in [4.78, 5) is 16.4. The molecule has 0 spiro atoms. The minimum Gasteiger partial charge on any atom is -0.316 e. The topological polar surface area (TPSA) is 42.0 Å². The molecule has 1 N–H and O–H groups in total. The Hall–Kier alpha value is -0.740. The molecule has 1 aromatic rings. The van der Waals surface area contributed by atoms with Crippen LogP contribution in [-0.2, 0) is 16.6 Å². The zero-order chi connectivity index (χ0) is 12.5. The van der Waals surface area contributed by atoms with Crippen LogP contribution in [0.1, 0.15) is 37.9 Å². The quantitative estimate of drug-likeness (QED) is 0.877. The summed E-state index contributed by atoms with van der Waals surface area (Å²) in [5.41, 5.74) is 1.23. The molecular weight excluding hydrogens is 232 g/mol. The molecule has 4 heteroatoms. The monoisotopic (exact) mass is 252 g/mol. The van der Waals surface area contributed by atoms with Gasteiger partial charge < -0.3 is 5.32 Å². The van der Waals surface area contributed by atoms with Crippen LogP contribution in [0.2, 0.25) is 0 Å². The van der Waals surface area contributed by atoms with E-state index in [-0.39, 0.29) is 11.3 Å². The molecule has 1 aromatic heterocycles. The molecule has 0 amide bonds. The normalized spacial score (nSPS) is 21.8. The summed E-state index contributed by atoms with van der Waals surface area (Å²) < 4.78 is 0. The van der Waals surface area contributed by atoms with Crippen LogP contribution in [0.3, 0.4) is 0 Å². The number of ketones is 1. The molecule has 1 unspecified atom stereocenters. The second kappa shape index (κ2) is 4.86. The van der Waals surface area contributed by atoms with Gasteiger partial charge in [0.25, 0.3) is 0 Å². The number of piperidine rings is 1. The van der Waals surface area contributed by atoms with Crippen LogP contribution in [0.25, 0.3) is 0 Å². The molecule has 2 rings (SSSR count). The average molecular weight is 252 g/mol. The van der Waals surface area contributed by atoms with Crippen molar-refractivity contribution in [2.75, 3.05) is 13.1 Å². The maximum Gasteiger partial charge on any atom is 0.138 e. The third-order valence-electron chi connectivity index (χ3n) is 3.14. The largest absolute Gasteiger partial charge is 0.316 e. The number of Topliss-reactive ketones (excluding diaryl/α,β-unsaturated/α-hetero) is 1. The molecule has 1 saturated heterocycles. The van der Waals surface area contributed by atoms with Gasteiger partial charge >= 0.3 is 0 Å². The molecule has 2 heterocycles. The van der Waals surface area contributed by atoms with Gasteiger partial charge in [-0.1, -0.05) is 20.8 Å². The molecule has 1 aliphatic rings. The summed E-state index contributed by atoms with van der Waals surface area (Å²) in [6.45, 7) is 8.14. The molecule has 0 radical (unpaired) electrons. The molecule has 0 aliphatic carbocycles. The molecule has 0 aromatic carbocycles. The Morgan fingerprint density at radius 2 is 2.29 bits per heavy atom. The van der Waals surface area contributed by atoms with Crippen molar-refractivity contribution in [2.45, 2.75) is 39.0 Å². The fraction of sp³-hybridized carbons (Fsp3) is 0.692. The maximum atomic E-state index is 11.7. The van der Waals surface area contributed by atoms with Crippen molar-refractivity contribution in [3.05, 3.63) is 16.1 Å². The Bertz CT molecular complexity index is 406. The van der Waals surface area contributed by atoms with Crippen LogP contribution in [0.4, 0.5) is 0 Å². The third kappa shape index (κ3) is 3.13. The maximum absolute atomic E-state index is 11.7. The summed E-state index contributed by atoms with van der Waals surface area (Å²) in [6, 6.07) is 0. The summed E-state index contributed by atoms with van der Waals surface area (Å²) in [5, 5.41) is 6.49. The number of hydrogen-bond donors (Lipinski definition) is 1. The van der Waals surface area contributed by atoms with E-state index in [2.05, 4.69) is 36.5 Å².